The van der Waals surface area contributed by atoms with Gasteiger partial charge in [-0.1, -0.05) is 33.6 Å². The predicted octanol–water partition coefficient (Wildman–Crippen LogP) is 3.68. The number of carbonyl (C=O) groups is 2. The van der Waals surface area contributed by atoms with Gasteiger partial charge < -0.3 is 15.5 Å². The number of nitrogens with one attached hydrogen (secondary N) is 2. The lowest BCUT2D eigenvalue weighted by molar-refractivity contribution is -0.117. The number of benzene rings is 2. The Balaban J connectivity index is 1.58. The van der Waals surface area contributed by atoms with Crippen molar-refractivity contribution in [3.8, 4) is 0 Å². The second-order valence-electron chi connectivity index (χ2n) is 5.85. The molecule has 1 saturated heterocycles. The van der Waals surface area contributed by atoms with E-state index in [2.05, 4.69) is 26.6 Å². The maximum Gasteiger partial charge on any atom is 0.319 e. The molecule has 1 aliphatic heterocycles. The van der Waals surface area contributed by atoms with Crippen LogP contribution in [-0.4, -0.2) is 24.5 Å². The molecule has 1 fully saturated rings. The smallest absolute Gasteiger partial charge is 0.319 e. The highest BCUT2D eigenvalue weighted by Gasteiger charge is 2.31. The lowest BCUT2D eigenvalue weighted by atomic mass is 10.2. The van der Waals surface area contributed by atoms with Crippen LogP contribution in [0.25, 0.3) is 0 Å². The average Bonchev–Trinajstić information content (AvgIpc) is 2.90. The number of carbonyl (C=O) groups excluding carboxylic acids is 2. The molecule has 0 aliphatic carbocycles. The first kappa shape index (κ1) is 16.5. The van der Waals surface area contributed by atoms with Crippen molar-refractivity contribution in [2.75, 3.05) is 16.8 Å². The van der Waals surface area contributed by atoms with Crippen LogP contribution < -0.4 is 15.5 Å². The third-order valence-corrected chi connectivity index (χ3v) is 4.44. The van der Waals surface area contributed by atoms with Crippen LogP contribution in [-0.2, 0) is 4.79 Å². The Morgan fingerprint density at radius 2 is 1.79 bits per heavy atom. The second-order valence-corrected chi connectivity index (χ2v) is 6.76. The molecule has 3 rings (SSSR count). The van der Waals surface area contributed by atoms with Crippen molar-refractivity contribution < 1.29 is 9.59 Å². The van der Waals surface area contributed by atoms with Crippen LogP contribution in [0.1, 0.15) is 12.0 Å². The topological polar surface area (TPSA) is 61.4 Å². The minimum Gasteiger partial charge on any atom is -0.333 e. The van der Waals surface area contributed by atoms with Gasteiger partial charge in [0.05, 0.1) is 6.04 Å². The van der Waals surface area contributed by atoms with E-state index in [0.29, 0.717) is 18.7 Å². The number of anilines is 2. The molecule has 0 saturated carbocycles. The van der Waals surface area contributed by atoms with Crippen LogP contribution in [0.5, 0.6) is 0 Å². The van der Waals surface area contributed by atoms with E-state index in [0.717, 1.165) is 15.7 Å². The first-order chi connectivity index (χ1) is 11.5. The van der Waals surface area contributed by atoms with Crippen molar-refractivity contribution in [2.45, 2.75) is 19.4 Å². The minimum atomic E-state index is -0.305. The predicted molar refractivity (Wildman–Crippen MR) is 98.2 cm³/mol. The van der Waals surface area contributed by atoms with E-state index in [4.69, 9.17) is 0 Å². The van der Waals surface area contributed by atoms with Crippen molar-refractivity contribution in [1.82, 2.24) is 5.32 Å². The molecular weight excluding hydrogens is 370 g/mol. The van der Waals surface area contributed by atoms with Crippen molar-refractivity contribution in [1.29, 1.82) is 0 Å². The SMILES string of the molecule is Cc1ccc(N2C[C@@H](NC(=O)Nc3ccc(Br)cc3)CC2=O)cc1. The molecule has 2 aromatic rings. The summed E-state index contributed by atoms with van der Waals surface area (Å²) in [6.45, 7) is 2.49. The molecule has 0 unspecified atom stereocenters. The van der Waals surface area contributed by atoms with Crippen molar-refractivity contribution in [2.24, 2.45) is 0 Å². The van der Waals surface area contributed by atoms with E-state index in [1.54, 1.807) is 4.90 Å². The van der Waals surface area contributed by atoms with Gasteiger partial charge in [-0.25, -0.2) is 4.79 Å². The van der Waals surface area contributed by atoms with Crippen LogP contribution in [0.15, 0.2) is 53.0 Å². The molecular formula is C18H18BrN3O2. The third-order valence-electron chi connectivity index (χ3n) is 3.91. The normalized spacial score (nSPS) is 17.0. The zero-order chi connectivity index (χ0) is 17.1. The molecule has 0 bridgehead atoms. The van der Waals surface area contributed by atoms with Crippen molar-refractivity contribution in [3.63, 3.8) is 0 Å². The number of hydrogen-bond donors (Lipinski definition) is 2. The van der Waals surface area contributed by atoms with Gasteiger partial charge in [0.15, 0.2) is 0 Å². The highest BCUT2D eigenvalue weighted by molar-refractivity contribution is 9.10. The highest BCUT2D eigenvalue weighted by Crippen LogP contribution is 2.22. The van der Waals surface area contributed by atoms with E-state index < -0.39 is 0 Å². The Kier molecular flexibility index (Phi) is 4.85. The maximum atomic E-state index is 12.2. The van der Waals surface area contributed by atoms with E-state index >= 15 is 0 Å². The molecule has 2 N–H and O–H groups in total. The highest BCUT2D eigenvalue weighted by atomic mass is 79.9. The first-order valence-electron chi connectivity index (χ1n) is 7.71. The summed E-state index contributed by atoms with van der Waals surface area (Å²) in [6.07, 6.45) is 0.307. The molecule has 0 aromatic heterocycles. The van der Waals surface area contributed by atoms with E-state index in [1.807, 2.05) is 55.5 Å². The molecule has 0 spiro atoms. The Morgan fingerprint density at radius 3 is 2.46 bits per heavy atom. The molecule has 124 valence electrons. The number of nitrogens with zero attached hydrogens (tertiary/aromatic N) is 1. The zero-order valence-corrected chi connectivity index (χ0v) is 14.8. The molecule has 24 heavy (non-hydrogen) atoms. The van der Waals surface area contributed by atoms with Gasteiger partial charge in [0, 0.05) is 28.8 Å². The van der Waals surface area contributed by atoms with Gasteiger partial charge in [-0.3, -0.25) is 4.79 Å². The quantitative estimate of drug-likeness (QED) is 0.843. The summed E-state index contributed by atoms with van der Waals surface area (Å²) < 4.78 is 0.948. The number of hydrogen-bond acceptors (Lipinski definition) is 2. The molecule has 5 nitrogen and oxygen atoms in total. The minimum absolute atomic E-state index is 0.0211. The van der Waals surface area contributed by atoms with E-state index in [1.165, 1.54) is 0 Å². The number of aryl methyl sites for hydroxylation is 1. The number of rotatable bonds is 3. The summed E-state index contributed by atoms with van der Waals surface area (Å²) >= 11 is 3.35. The van der Waals surface area contributed by atoms with Crippen LogP contribution in [0.2, 0.25) is 0 Å². The molecule has 6 heteroatoms. The van der Waals surface area contributed by atoms with E-state index in [9.17, 15) is 9.59 Å². The summed E-state index contributed by atoms with van der Waals surface area (Å²) in [5, 5.41) is 5.63. The van der Waals surface area contributed by atoms with Crippen LogP contribution >= 0.6 is 15.9 Å². The summed E-state index contributed by atoms with van der Waals surface area (Å²) in [5.74, 6) is 0.0211. The monoisotopic (exact) mass is 387 g/mol. The fraction of sp³-hybridized carbons (Fsp3) is 0.222. The summed E-state index contributed by atoms with van der Waals surface area (Å²) in [7, 11) is 0. The number of amides is 3. The Morgan fingerprint density at radius 1 is 1.12 bits per heavy atom. The molecule has 2 aromatic carbocycles. The fourth-order valence-electron chi connectivity index (χ4n) is 2.66. The van der Waals surface area contributed by atoms with Crippen LogP contribution in [0, 0.1) is 6.92 Å². The summed E-state index contributed by atoms with van der Waals surface area (Å²) in [6, 6.07) is 14.6. The van der Waals surface area contributed by atoms with Gasteiger partial charge in [-0.2, -0.15) is 0 Å². The zero-order valence-electron chi connectivity index (χ0n) is 13.3. The lowest BCUT2D eigenvalue weighted by Crippen LogP contribution is -2.39. The van der Waals surface area contributed by atoms with Crippen LogP contribution in [0.4, 0.5) is 16.2 Å². The van der Waals surface area contributed by atoms with Gasteiger partial charge in [-0.15, -0.1) is 0 Å². The third kappa shape index (κ3) is 3.94. The van der Waals surface area contributed by atoms with Gasteiger partial charge in [-0.05, 0) is 43.3 Å². The lowest BCUT2D eigenvalue weighted by Gasteiger charge is -2.17. The summed E-state index contributed by atoms with van der Waals surface area (Å²) in [5.41, 5.74) is 2.72. The standard InChI is InChI=1S/C18H18BrN3O2/c1-12-2-8-16(9-3-12)22-11-15(10-17(22)23)21-18(24)20-14-6-4-13(19)5-7-14/h2-9,15H,10-11H2,1H3,(H2,20,21,24)/t15-/m0/s1. The molecule has 0 radical (unpaired) electrons. The largest absolute Gasteiger partial charge is 0.333 e. The molecule has 1 heterocycles. The Hall–Kier alpha value is -2.34. The van der Waals surface area contributed by atoms with Crippen molar-refractivity contribution >= 4 is 39.2 Å². The average molecular weight is 388 g/mol. The molecule has 1 aliphatic rings. The number of halogens is 1. The van der Waals surface area contributed by atoms with E-state index in [-0.39, 0.29) is 18.0 Å². The summed E-state index contributed by atoms with van der Waals surface area (Å²) in [4.78, 5) is 26.0. The van der Waals surface area contributed by atoms with Gasteiger partial charge >= 0.3 is 6.03 Å². The first-order valence-corrected chi connectivity index (χ1v) is 8.51. The fourth-order valence-corrected chi connectivity index (χ4v) is 2.93. The Bertz CT molecular complexity index is 744. The molecule has 3 amide bonds. The van der Waals surface area contributed by atoms with Crippen LogP contribution in [0.3, 0.4) is 0 Å². The van der Waals surface area contributed by atoms with Gasteiger partial charge in [0.1, 0.15) is 0 Å². The van der Waals surface area contributed by atoms with Gasteiger partial charge in [0.25, 0.3) is 0 Å². The maximum absolute atomic E-state index is 12.2. The molecule has 1 atom stereocenters. The Labute approximate surface area is 149 Å². The number of urea groups is 1. The second kappa shape index (κ2) is 7.05. The van der Waals surface area contributed by atoms with Crippen molar-refractivity contribution in [3.05, 3.63) is 58.6 Å². The van der Waals surface area contributed by atoms with Gasteiger partial charge in [0.2, 0.25) is 5.91 Å².